The first-order valence-electron chi connectivity index (χ1n) is 5.62. The van der Waals surface area contributed by atoms with Gasteiger partial charge in [0.15, 0.2) is 0 Å². The molecule has 0 aromatic heterocycles. The predicted molar refractivity (Wildman–Crippen MR) is 63.3 cm³/mol. The first-order chi connectivity index (χ1) is 7.26. The fraction of sp³-hybridized carbons (Fsp3) is 1.00. The van der Waals surface area contributed by atoms with Crippen molar-refractivity contribution >= 4 is 0 Å². The Kier molecular flexibility index (Phi) is 10.3. The van der Waals surface area contributed by atoms with Crippen LogP contribution < -0.4 is 5.32 Å². The van der Waals surface area contributed by atoms with Crippen LogP contribution in [0.5, 0.6) is 0 Å². The van der Waals surface area contributed by atoms with E-state index in [1.165, 1.54) is 0 Å². The van der Waals surface area contributed by atoms with Gasteiger partial charge in [0.1, 0.15) is 0 Å². The van der Waals surface area contributed by atoms with E-state index in [-0.39, 0.29) is 0 Å². The quantitative estimate of drug-likeness (QED) is 0.544. The smallest absolute Gasteiger partial charge is 0.0589 e. The van der Waals surface area contributed by atoms with Crippen molar-refractivity contribution in [2.45, 2.75) is 19.4 Å². The molecule has 0 saturated carbocycles. The Morgan fingerprint density at radius 2 is 1.80 bits per heavy atom. The molecular formula is C11H26N2O2. The third-order valence-corrected chi connectivity index (χ3v) is 2.50. The molecule has 0 aromatic rings. The van der Waals surface area contributed by atoms with Gasteiger partial charge in [0.25, 0.3) is 0 Å². The van der Waals surface area contributed by atoms with Crippen LogP contribution in [-0.4, -0.2) is 65.1 Å². The summed E-state index contributed by atoms with van der Waals surface area (Å²) < 4.78 is 10.2. The second-order valence-electron chi connectivity index (χ2n) is 3.78. The SMILES string of the molecule is CNCC(C)N(CCCOC)CCOC. The lowest BCUT2D eigenvalue weighted by Crippen LogP contribution is -2.42. The Labute approximate surface area is 93.9 Å². The van der Waals surface area contributed by atoms with Gasteiger partial charge in [0, 0.05) is 46.5 Å². The lowest BCUT2D eigenvalue weighted by molar-refractivity contribution is 0.111. The van der Waals surface area contributed by atoms with Gasteiger partial charge in [-0.05, 0) is 20.4 Å². The van der Waals surface area contributed by atoms with Crippen LogP contribution in [0.1, 0.15) is 13.3 Å². The zero-order chi connectivity index (χ0) is 11.5. The van der Waals surface area contributed by atoms with Crippen molar-refractivity contribution in [1.29, 1.82) is 0 Å². The number of ether oxygens (including phenoxy) is 2. The number of nitrogens with zero attached hydrogens (tertiary/aromatic N) is 1. The van der Waals surface area contributed by atoms with Gasteiger partial charge in [0.05, 0.1) is 6.61 Å². The van der Waals surface area contributed by atoms with Gasteiger partial charge >= 0.3 is 0 Å². The minimum atomic E-state index is 0.544. The van der Waals surface area contributed by atoms with Gasteiger partial charge in [-0.2, -0.15) is 0 Å². The molecule has 0 fully saturated rings. The van der Waals surface area contributed by atoms with Crippen LogP contribution in [-0.2, 0) is 9.47 Å². The molecule has 0 aliphatic carbocycles. The van der Waals surface area contributed by atoms with E-state index in [1.807, 2.05) is 7.05 Å². The summed E-state index contributed by atoms with van der Waals surface area (Å²) in [5.41, 5.74) is 0. The Hall–Kier alpha value is -0.160. The van der Waals surface area contributed by atoms with Gasteiger partial charge in [-0.3, -0.25) is 4.90 Å². The first kappa shape index (κ1) is 14.8. The van der Waals surface area contributed by atoms with Crippen molar-refractivity contribution in [2.75, 3.05) is 54.1 Å². The van der Waals surface area contributed by atoms with Crippen molar-refractivity contribution in [3.05, 3.63) is 0 Å². The summed E-state index contributed by atoms with van der Waals surface area (Å²) in [4.78, 5) is 2.43. The van der Waals surface area contributed by atoms with Crippen LogP contribution >= 0.6 is 0 Å². The predicted octanol–water partition coefficient (Wildman–Crippen LogP) is 0.579. The van der Waals surface area contributed by atoms with Crippen molar-refractivity contribution in [3.8, 4) is 0 Å². The molecule has 0 spiro atoms. The number of hydrogen-bond acceptors (Lipinski definition) is 4. The maximum absolute atomic E-state index is 5.11. The molecule has 0 aliphatic heterocycles. The van der Waals surface area contributed by atoms with Crippen LogP contribution in [0.3, 0.4) is 0 Å². The molecule has 1 N–H and O–H groups in total. The molecule has 0 bridgehead atoms. The third-order valence-electron chi connectivity index (χ3n) is 2.50. The van der Waals surface area contributed by atoms with Gasteiger partial charge in [-0.15, -0.1) is 0 Å². The van der Waals surface area contributed by atoms with Gasteiger partial charge in [-0.1, -0.05) is 0 Å². The lowest BCUT2D eigenvalue weighted by Gasteiger charge is -2.28. The van der Waals surface area contributed by atoms with E-state index in [9.17, 15) is 0 Å². The number of nitrogens with one attached hydrogen (secondary N) is 1. The first-order valence-corrected chi connectivity index (χ1v) is 5.62. The summed E-state index contributed by atoms with van der Waals surface area (Å²) in [7, 11) is 5.48. The van der Waals surface area contributed by atoms with Crippen molar-refractivity contribution in [1.82, 2.24) is 10.2 Å². The van der Waals surface area contributed by atoms with E-state index in [0.29, 0.717) is 6.04 Å². The molecule has 0 aromatic carbocycles. The van der Waals surface area contributed by atoms with E-state index < -0.39 is 0 Å². The molecule has 0 amide bonds. The molecule has 1 unspecified atom stereocenters. The highest BCUT2D eigenvalue weighted by Crippen LogP contribution is 2.00. The lowest BCUT2D eigenvalue weighted by atomic mass is 10.2. The number of likely N-dealkylation sites (N-methyl/N-ethyl adjacent to an activating group) is 1. The second-order valence-corrected chi connectivity index (χ2v) is 3.78. The molecule has 0 rings (SSSR count). The maximum atomic E-state index is 5.11. The van der Waals surface area contributed by atoms with Crippen LogP contribution in [0.4, 0.5) is 0 Å². The molecular weight excluding hydrogens is 192 g/mol. The number of rotatable bonds is 10. The monoisotopic (exact) mass is 218 g/mol. The second kappa shape index (κ2) is 10.4. The molecule has 4 heteroatoms. The van der Waals surface area contributed by atoms with Gasteiger partial charge < -0.3 is 14.8 Å². The molecule has 92 valence electrons. The van der Waals surface area contributed by atoms with Crippen molar-refractivity contribution in [3.63, 3.8) is 0 Å². The van der Waals surface area contributed by atoms with E-state index in [2.05, 4.69) is 17.1 Å². The molecule has 0 radical (unpaired) electrons. The molecule has 0 saturated heterocycles. The van der Waals surface area contributed by atoms with Gasteiger partial charge in [0.2, 0.25) is 0 Å². The number of hydrogen-bond donors (Lipinski definition) is 1. The fourth-order valence-electron chi connectivity index (χ4n) is 1.60. The minimum absolute atomic E-state index is 0.544. The molecule has 0 aliphatic rings. The molecule has 4 nitrogen and oxygen atoms in total. The molecule has 15 heavy (non-hydrogen) atoms. The maximum Gasteiger partial charge on any atom is 0.0589 e. The minimum Gasteiger partial charge on any atom is -0.385 e. The summed E-state index contributed by atoms with van der Waals surface area (Å²) in [6.07, 6.45) is 1.08. The molecule has 0 heterocycles. The summed E-state index contributed by atoms with van der Waals surface area (Å²) in [5.74, 6) is 0. The van der Waals surface area contributed by atoms with Gasteiger partial charge in [-0.25, -0.2) is 0 Å². The van der Waals surface area contributed by atoms with Crippen molar-refractivity contribution in [2.24, 2.45) is 0 Å². The molecule has 1 atom stereocenters. The van der Waals surface area contributed by atoms with Crippen LogP contribution in [0, 0.1) is 0 Å². The Morgan fingerprint density at radius 1 is 1.13 bits per heavy atom. The average Bonchev–Trinajstić information content (AvgIpc) is 2.23. The Balaban J connectivity index is 3.81. The third kappa shape index (κ3) is 7.73. The zero-order valence-electron chi connectivity index (χ0n) is 10.6. The largest absolute Gasteiger partial charge is 0.385 e. The topological polar surface area (TPSA) is 33.7 Å². The average molecular weight is 218 g/mol. The summed E-state index contributed by atoms with van der Waals surface area (Å²) in [6, 6.07) is 0.544. The standard InChI is InChI=1S/C11H26N2O2/c1-11(10-12-2)13(7-9-15-4)6-5-8-14-3/h11-12H,5-10H2,1-4H3. The zero-order valence-corrected chi connectivity index (χ0v) is 10.6. The van der Waals surface area contributed by atoms with E-state index >= 15 is 0 Å². The van der Waals surface area contributed by atoms with Crippen LogP contribution in [0.2, 0.25) is 0 Å². The summed E-state index contributed by atoms with van der Waals surface area (Å²) in [6.45, 7) is 6.93. The van der Waals surface area contributed by atoms with Crippen LogP contribution in [0.15, 0.2) is 0 Å². The highest BCUT2D eigenvalue weighted by molar-refractivity contribution is 4.68. The van der Waals surface area contributed by atoms with Crippen molar-refractivity contribution < 1.29 is 9.47 Å². The van der Waals surface area contributed by atoms with E-state index in [0.717, 1.165) is 39.3 Å². The van der Waals surface area contributed by atoms with E-state index in [1.54, 1.807) is 14.2 Å². The normalized spacial score (nSPS) is 13.4. The summed E-state index contributed by atoms with van der Waals surface area (Å²) >= 11 is 0. The van der Waals surface area contributed by atoms with E-state index in [4.69, 9.17) is 9.47 Å². The Morgan fingerprint density at radius 3 is 2.33 bits per heavy atom. The van der Waals surface area contributed by atoms with Crippen LogP contribution in [0.25, 0.3) is 0 Å². The number of methoxy groups -OCH3 is 2. The fourth-order valence-corrected chi connectivity index (χ4v) is 1.60. The highest BCUT2D eigenvalue weighted by atomic mass is 16.5. The highest BCUT2D eigenvalue weighted by Gasteiger charge is 2.11. The summed E-state index contributed by atoms with van der Waals surface area (Å²) in [5, 5.41) is 3.20. The Bertz CT molecular complexity index is 134.